The number of hydrogen-bond acceptors (Lipinski definition) is 8. The molecule has 1 saturated heterocycles. The van der Waals surface area contributed by atoms with Crippen molar-refractivity contribution >= 4 is 34.7 Å². The molecular formula is C21H25N5O4S. The first-order chi connectivity index (χ1) is 15.1. The summed E-state index contributed by atoms with van der Waals surface area (Å²) >= 11 is 1.22. The van der Waals surface area contributed by atoms with E-state index in [0.717, 1.165) is 29.7 Å². The van der Waals surface area contributed by atoms with E-state index in [4.69, 9.17) is 9.15 Å². The van der Waals surface area contributed by atoms with Crippen LogP contribution in [0.5, 0.6) is 0 Å². The number of aryl methyl sites for hydroxylation is 2. The average molecular weight is 444 g/mol. The fourth-order valence-electron chi connectivity index (χ4n) is 3.62. The largest absolute Gasteiger partial charge is 0.466 e. The number of fused-ring (bicyclic) bond motifs is 1. The number of carbonyl (C=O) groups excluding carboxylic acids is 2. The van der Waals surface area contributed by atoms with Gasteiger partial charge in [0.2, 0.25) is 11.8 Å². The van der Waals surface area contributed by atoms with Crippen molar-refractivity contribution in [3.8, 4) is 0 Å². The zero-order valence-electron chi connectivity index (χ0n) is 17.4. The molecule has 4 rings (SSSR count). The van der Waals surface area contributed by atoms with Crippen LogP contribution in [0.3, 0.4) is 0 Å². The number of carbonyl (C=O) groups is 2. The molecule has 1 aliphatic rings. The molecule has 3 heterocycles. The first kappa shape index (κ1) is 21.4. The summed E-state index contributed by atoms with van der Waals surface area (Å²) in [7, 11) is 0. The molecule has 0 spiro atoms. The van der Waals surface area contributed by atoms with Gasteiger partial charge in [0.15, 0.2) is 0 Å². The van der Waals surface area contributed by atoms with Crippen LogP contribution in [0.15, 0.2) is 33.9 Å². The summed E-state index contributed by atoms with van der Waals surface area (Å²) < 4.78 is 10.8. The third-order valence-electron chi connectivity index (χ3n) is 5.18. The Morgan fingerprint density at radius 3 is 3.00 bits per heavy atom. The second-order valence-corrected chi connectivity index (χ2v) is 8.31. The Hall–Kier alpha value is -2.88. The number of benzene rings is 1. The number of H-pyrrole nitrogens is 1. The standard InChI is InChI=1S/C21H25N5O4S/c1-2-29-20(28)14-6-5-11-26(12-14)19(27)13-31-21-25-24-18(30-21)10-9-17-22-15-7-3-4-8-16(15)23-17/h3-4,7-8,14H,2,5-6,9-13H2,1H3,(H,22,23). The third-order valence-corrected chi connectivity index (χ3v) is 5.98. The number of hydrogen-bond donors (Lipinski definition) is 1. The van der Waals surface area contributed by atoms with Crippen LogP contribution in [0.1, 0.15) is 31.5 Å². The minimum Gasteiger partial charge on any atom is -0.466 e. The molecule has 0 bridgehead atoms. The average Bonchev–Trinajstić information content (AvgIpc) is 3.42. The smallest absolute Gasteiger partial charge is 0.310 e. The predicted octanol–water partition coefficient (Wildman–Crippen LogP) is 2.62. The number of rotatable bonds is 8. The summed E-state index contributed by atoms with van der Waals surface area (Å²) in [5.74, 6) is 1.07. The number of likely N-dealkylation sites (tertiary alicyclic amines) is 1. The Balaban J connectivity index is 1.25. The Morgan fingerprint density at radius 2 is 2.16 bits per heavy atom. The molecule has 10 heteroatoms. The van der Waals surface area contributed by atoms with Gasteiger partial charge in [-0.2, -0.15) is 0 Å². The quantitative estimate of drug-likeness (QED) is 0.417. The van der Waals surface area contributed by atoms with E-state index in [2.05, 4.69) is 20.2 Å². The fourth-order valence-corrected chi connectivity index (χ4v) is 4.30. The van der Waals surface area contributed by atoms with Gasteiger partial charge in [0.1, 0.15) is 5.82 Å². The summed E-state index contributed by atoms with van der Waals surface area (Å²) in [5, 5.41) is 8.46. The van der Waals surface area contributed by atoms with E-state index in [0.29, 0.717) is 43.7 Å². The molecule has 31 heavy (non-hydrogen) atoms. The highest BCUT2D eigenvalue weighted by Crippen LogP contribution is 2.22. The summed E-state index contributed by atoms with van der Waals surface area (Å²) in [4.78, 5) is 34.0. The molecule has 1 unspecified atom stereocenters. The van der Waals surface area contributed by atoms with Crippen LogP contribution < -0.4 is 0 Å². The van der Waals surface area contributed by atoms with Gasteiger partial charge in [-0.05, 0) is 31.9 Å². The van der Waals surface area contributed by atoms with E-state index in [9.17, 15) is 9.59 Å². The molecule has 1 amide bonds. The number of nitrogens with one attached hydrogen (secondary N) is 1. The Kier molecular flexibility index (Phi) is 6.86. The Bertz CT molecular complexity index is 1020. The highest BCUT2D eigenvalue weighted by molar-refractivity contribution is 7.99. The van der Waals surface area contributed by atoms with Crippen molar-refractivity contribution in [2.45, 2.75) is 37.8 Å². The molecule has 0 aliphatic carbocycles. The normalized spacial score (nSPS) is 16.5. The SMILES string of the molecule is CCOC(=O)C1CCCN(C(=O)CSc2nnc(CCc3nc4ccccc4[nH]3)o2)C1. The number of aromatic amines is 1. The molecule has 1 aliphatic heterocycles. The van der Waals surface area contributed by atoms with Gasteiger partial charge in [0.05, 0.1) is 29.3 Å². The number of esters is 1. The van der Waals surface area contributed by atoms with Crippen molar-refractivity contribution < 1.29 is 18.7 Å². The number of piperidine rings is 1. The van der Waals surface area contributed by atoms with Gasteiger partial charge in [-0.1, -0.05) is 23.9 Å². The third kappa shape index (κ3) is 5.43. The second-order valence-electron chi connectivity index (χ2n) is 7.38. The van der Waals surface area contributed by atoms with Gasteiger partial charge in [-0.15, -0.1) is 10.2 Å². The van der Waals surface area contributed by atoms with Crippen LogP contribution in [0.25, 0.3) is 11.0 Å². The van der Waals surface area contributed by atoms with Gasteiger partial charge < -0.3 is 19.0 Å². The van der Waals surface area contributed by atoms with Gasteiger partial charge in [-0.3, -0.25) is 9.59 Å². The lowest BCUT2D eigenvalue weighted by Gasteiger charge is -2.31. The maximum atomic E-state index is 12.6. The van der Waals surface area contributed by atoms with Crippen molar-refractivity contribution in [3.05, 3.63) is 36.0 Å². The lowest BCUT2D eigenvalue weighted by molar-refractivity contribution is -0.151. The van der Waals surface area contributed by atoms with Crippen LogP contribution in [-0.2, 0) is 27.2 Å². The van der Waals surface area contributed by atoms with Crippen LogP contribution >= 0.6 is 11.8 Å². The number of aromatic nitrogens is 4. The number of para-hydroxylation sites is 2. The number of nitrogens with zero attached hydrogens (tertiary/aromatic N) is 4. The van der Waals surface area contributed by atoms with Gasteiger partial charge in [0, 0.05) is 25.9 Å². The summed E-state index contributed by atoms with van der Waals surface area (Å²) in [6.07, 6.45) is 2.78. The van der Waals surface area contributed by atoms with E-state index in [1.54, 1.807) is 11.8 Å². The molecule has 1 fully saturated rings. The Morgan fingerprint density at radius 1 is 1.29 bits per heavy atom. The van der Waals surface area contributed by atoms with Crippen molar-refractivity contribution in [1.29, 1.82) is 0 Å². The topological polar surface area (TPSA) is 114 Å². The highest BCUT2D eigenvalue weighted by atomic mass is 32.2. The number of imidazole rings is 1. The molecule has 0 saturated carbocycles. The van der Waals surface area contributed by atoms with E-state index >= 15 is 0 Å². The molecule has 1 N–H and O–H groups in total. The van der Waals surface area contributed by atoms with E-state index < -0.39 is 0 Å². The maximum absolute atomic E-state index is 12.6. The first-order valence-electron chi connectivity index (χ1n) is 10.5. The summed E-state index contributed by atoms with van der Waals surface area (Å²) in [5.41, 5.74) is 1.93. The molecule has 3 aromatic rings. The van der Waals surface area contributed by atoms with E-state index in [-0.39, 0.29) is 23.5 Å². The number of ether oxygens (including phenoxy) is 1. The summed E-state index contributed by atoms with van der Waals surface area (Å²) in [6.45, 7) is 3.21. The van der Waals surface area contributed by atoms with Crippen molar-refractivity contribution in [1.82, 2.24) is 25.1 Å². The molecule has 2 aromatic heterocycles. The molecule has 164 valence electrons. The predicted molar refractivity (Wildman–Crippen MR) is 114 cm³/mol. The van der Waals surface area contributed by atoms with Gasteiger partial charge in [-0.25, -0.2) is 4.98 Å². The van der Waals surface area contributed by atoms with Crippen LogP contribution in [-0.4, -0.2) is 62.4 Å². The maximum Gasteiger partial charge on any atom is 0.310 e. The minimum atomic E-state index is -0.240. The molecular weight excluding hydrogens is 418 g/mol. The first-order valence-corrected chi connectivity index (χ1v) is 11.4. The lowest BCUT2D eigenvalue weighted by atomic mass is 9.98. The van der Waals surface area contributed by atoms with Crippen LogP contribution in [0.2, 0.25) is 0 Å². The highest BCUT2D eigenvalue weighted by Gasteiger charge is 2.29. The van der Waals surface area contributed by atoms with Crippen molar-refractivity contribution in [2.24, 2.45) is 5.92 Å². The summed E-state index contributed by atoms with van der Waals surface area (Å²) in [6, 6.07) is 7.87. The zero-order chi connectivity index (χ0) is 21.6. The van der Waals surface area contributed by atoms with Gasteiger partial charge >= 0.3 is 5.97 Å². The molecule has 1 aromatic carbocycles. The second kappa shape index (κ2) is 9.95. The monoisotopic (exact) mass is 443 g/mol. The number of thioether (sulfide) groups is 1. The fraction of sp³-hybridized carbons (Fsp3) is 0.476. The molecule has 1 atom stereocenters. The van der Waals surface area contributed by atoms with Crippen molar-refractivity contribution in [3.63, 3.8) is 0 Å². The van der Waals surface area contributed by atoms with E-state index in [1.165, 1.54) is 11.8 Å². The number of amides is 1. The van der Waals surface area contributed by atoms with E-state index in [1.807, 2.05) is 24.3 Å². The molecule has 9 nitrogen and oxygen atoms in total. The lowest BCUT2D eigenvalue weighted by Crippen LogP contribution is -2.43. The molecule has 0 radical (unpaired) electrons. The minimum absolute atomic E-state index is 0.0407. The zero-order valence-corrected chi connectivity index (χ0v) is 18.2. The van der Waals surface area contributed by atoms with Gasteiger partial charge in [0.25, 0.3) is 5.22 Å². The van der Waals surface area contributed by atoms with Crippen molar-refractivity contribution in [2.75, 3.05) is 25.4 Å². The van der Waals surface area contributed by atoms with Crippen LogP contribution in [0.4, 0.5) is 0 Å². The Labute approximate surface area is 183 Å². The van der Waals surface area contributed by atoms with Crippen LogP contribution in [0, 0.1) is 5.92 Å².